The van der Waals surface area contributed by atoms with Gasteiger partial charge in [0, 0.05) is 5.97 Å². The molecule has 0 bridgehead atoms. The minimum absolute atomic E-state index is 0. The average Bonchev–Trinajstić information content (AvgIpc) is 1.87. The van der Waals surface area contributed by atoms with E-state index in [9.17, 15) is 9.90 Å². The van der Waals surface area contributed by atoms with Crippen LogP contribution in [0.2, 0.25) is 0 Å². The van der Waals surface area contributed by atoms with Crippen LogP contribution < -0.4 is 34.7 Å². The molecule has 0 spiro atoms. The van der Waals surface area contributed by atoms with Crippen LogP contribution in [-0.4, -0.2) is 17.2 Å². The van der Waals surface area contributed by atoms with Crippen molar-refractivity contribution in [1.29, 1.82) is 0 Å². The van der Waals surface area contributed by atoms with Crippen LogP contribution in [0.1, 0.15) is 32.6 Å². The van der Waals surface area contributed by atoms with Crippen LogP contribution in [-0.2, 0) is 4.79 Å². The van der Waals surface area contributed by atoms with Gasteiger partial charge in [-0.1, -0.05) is 6.92 Å². The van der Waals surface area contributed by atoms with E-state index in [-0.39, 0.29) is 42.1 Å². The summed E-state index contributed by atoms with van der Waals surface area (Å²) in [4.78, 5) is 9.88. The molecule has 1 N–H and O–H groups in total. The molecule has 0 heterocycles. The number of carbonyl (C=O) groups excluding carboxylic acids is 1. The van der Waals surface area contributed by atoms with Crippen LogP contribution in [0.5, 0.6) is 0 Å². The van der Waals surface area contributed by atoms with E-state index in [1.165, 1.54) is 0 Å². The van der Waals surface area contributed by atoms with E-state index in [0.29, 0.717) is 19.3 Å². The zero-order chi connectivity index (χ0) is 7.98. The van der Waals surface area contributed by atoms with Gasteiger partial charge >= 0.3 is 29.6 Å². The van der Waals surface area contributed by atoms with Gasteiger partial charge in [0.1, 0.15) is 0 Å². The molecular formula is C7H13NaO3. The largest absolute Gasteiger partial charge is 1.00 e. The van der Waals surface area contributed by atoms with Gasteiger partial charge in [0.25, 0.3) is 0 Å². The van der Waals surface area contributed by atoms with Gasteiger partial charge in [0.15, 0.2) is 0 Å². The SMILES string of the molecule is CCC(O)CCCC(=O)[O-].[Na+]. The zero-order valence-electron chi connectivity index (χ0n) is 7.17. The quantitative estimate of drug-likeness (QED) is 0.437. The second kappa shape index (κ2) is 8.53. The second-order valence-corrected chi connectivity index (χ2v) is 2.33. The summed E-state index contributed by atoms with van der Waals surface area (Å²) in [6.45, 7) is 1.86. The Morgan fingerprint density at radius 2 is 2.18 bits per heavy atom. The minimum Gasteiger partial charge on any atom is -0.550 e. The number of hydrogen-bond donors (Lipinski definition) is 1. The Labute approximate surface area is 89.1 Å². The second-order valence-electron chi connectivity index (χ2n) is 2.33. The molecule has 0 radical (unpaired) electrons. The normalized spacial score (nSPS) is 11.8. The summed E-state index contributed by atoms with van der Waals surface area (Å²) in [7, 11) is 0. The summed E-state index contributed by atoms with van der Waals surface area (Å²) in [6.07, 6.45) is 1.46. The average molecular weight is 168 g/mol. The van der Waals surface area contributed by atoms with Crippen molar-refractivity contribution in [2.24, 2.45) is 0 Å². The van der Waals surface area contributed by atoms with Gasteiger partial charge in [-0.3, -0.25) is 0 Å². The van der Waals surface area contributed by atoms with E-state index in [0.717, 1.165) is 0 Å². The molecule has 0 aliphatic carbocycles. The van der Waals surface area contributed by atoms with E-state index in [1.807, 2.05) is 6.92 Å². The molecule has 0 saturated heterocycles. The molecular weight excluding hydrogens is 155 g/mol. The Bertz CT molecular complexity index is 106. The van der Waals surface area contributed by atoms with Crippen molar-refractivity contribution < 1.29 is 44.6 Å². The number of carbonyl (C=O) groups is 1. The van der Waals surface area contributed by atoms with Crippen LogP contribution in [0.3, 0.4) is 0 Å². The zero-order valence-corrected chi connectivity index (χ0v) is 9.17. The van der Waals surface area contributed by atoms with Gasteiger partial charge < -0.3 is 15.0 Å². The van der Waals surface area contributed by atoms with Crippen LogP contribution >= 0.6 is 0 Å². The predicted molar refractivity (Wildman–Crippen MR) is 35.2 cm³/mol. The summed E-state index contributed by atoms with van der Waals surface area (Å²) in [5.41, 5.74) is 0. The van der Waals surface area contributed by atoms with Crippen molar-refractivity contribution in [2.75, 3.05) is 0 Å². The Balaban J connectivity index is 0. The number of carboxylic acids is 1. The summed E-state index contributed by atoms with van der Waals surface area (Å²) in [5.74, 6) is -1.04. The molecule has 0 aromatic heterocycles. The fraction of sp³-hybridized carbons (Fsp3) is 0.857. The third kappa shape index (κ3) is 10.4. The third-order valence-electron chi connectivity index (χ3n) is 1.39. The smallest absolute Gasteiger partial charge is 0.550 e. The van der Waals surface area contributed by atoms with Crippen molar-refractivity contribution in [2.45, 2.75) is 38.7 Å². The Morgan fingerprint density at radius 1 is 1.64 bits per heavy atom. The van der Waals surface area contributed by atoms with E-state index in [2.05, 4.69) is 0 Å². The van der Waals surface area contributed by atoms with Gasteiger partial charge in [0.05, 0.1) is 6.10 Å². The number of hydrogen-bond acceptors (Lipinski definition) is 3. The molecule has 1 unspecified atom stereocenters. The van der Waals surface area contributed by atoms with Gasteiger partial charge in [0.2, 0.25) is 0 Å². The maximum absolute atomic E-state index is 9.88. The topological polar surface area (TPSA) is 60.4 Å². The minimum atomic E-state index is -1.04. The Kier molecular flexibility index (Phi) is 10.8. The van der Waals surface area contributed by atoms with Crippen molar-refractivity contribution >= 4 is 5.97 Å². The maximum Gasteiger partial charge on any atom is 1.00 e. The molecule has 3 nitrogen and oxygen atoms in total. The van der Waals surface area contributed by atoms with E-state index in [1.54, 1.807) is 0 Å². The monoisotopic (exact) mass is 168 g/mol. The summed E-state index contributed by atoms with van der Waals surface area (Å²) >= 11 is 0. The van der Waals surface area contributed by atoms with E-state index in [4.69, 9.17) is 5.11 Å². The summed E-state index contributed by atoms with van der Waals surface area (Å²) in [6, 6.07) is 0. The molecule has 0 saturated carbocycles. The molecule has 0 fully saturated rings. The van der Waals surface area contributed by atoms with Gasteiger partial charge in [-0.25, -0.2) is 0 Å². The fourth-order valence-electron chi connectivity index (χ4n) is 0.686. The maximum atomic E-state index is 9.88. The van der Waals surface area contributed by atoms with Crippen LogP contribution in [0.4, 0.5) is 0 Å². The third-order valence-corrected chi connectivity index (χ3v) is 1.39. The summed E-state index contributed by atoms with van der Waals surface area (Å²) in [5, 5.41) is 18.8. The molecule has 0 amide bonds. The standard InChI is InChI=1S/C7H14O3.Na/c1-2-6(8)4-3-5-7(9)10;/h6,8H,2-5H2,1H3,(H,9,10);/q;+1/p-1. The first-order valence-electron chi connectivity index (χ1n) is 3.54. The number of carboxylic acid groups (broad SMARTS) is 1. The molecule has 0 aromatic rings. The molecule has 0 rings (SSSR count). The first kappa shape index (κ1) is 14.0. The Hall–Kier alpha value is 0.430. The van der Waals surface area contributed by atoms with Crippen LogP contribution in [0, 0.1) is 0 Å². The molecule has 0 aliphatic rings. The Morgan fingerprint density at radius 3 is 2.55 bits per heavy atom. The molecule has 1 atom stereocenters. The molecule has 0 aliphatic heterocycles. The van der Waals surface area contributed by atoms with Gasteiger partial charge in [-0.05, 0) is 25.7 Å². The molecule has 11 heavy (non-hydrogen) atoms. The van der Waals surface area contributed by atoms with Crippen molar-refractivity contribution in [1.82, 2.24) is 0 Å². The van der Waals surface area contributed by atoms with Gasteiger partial charge in [-0.2, -0.15) is 0 Å². The van der Waals surface area contributed by atoms with Crippen molar-refractivity contribution in [3.05, 3.63) is 0 Å². The van der Waals surface area contributed by atoms with E-state index < -0.39 is 5.97 Å². The van der Waals surface area contributed by atoms with Gasteiger partial charge in [-0.15, -0.1) is 0 Å². The number of rotatable bonds is 5. The van der Waals surface area contributed by atoms with Crippen molar-refractivity contribution in [3.8, 4) is 0 Å². The fourth-order valence-corrected chi connectivity index (χ4v) is 0.686. The number of aliphatic hydroxyl groups is 1. The predicted octanol–water partition coefficient (Wildman–Crippen LogP) is -3.32. The first-order valence-corrected chi connectivity index (χ1v) is 3.54. The summed E-state index contributed by atoms with van der Waals surface area (Å²) < 4.78 is 0. The van der Waals surface area contributed by atoms with Crippen LogP contribution in [0.15, 0.2) is 0 Å². The van der Waals surface area contributed by atoms with E-state index >= 15 is 0 Å². The number of aliphatic hydroxyl groups excluding tert-OH is 1. The number of aliphatic carboxylic acids is 1. The first-order chi connectivity index (χ1) is 4.66. The molecule has 0 aromatic carbocycles. The molecule has 60 valence electrons. The molecule has 4 heteroatoms. The van der Waals surface area contributed by atoms with Crippen molar-refractivity contribution in [3.63, 3.8) is 0 Å². The van der Waals surface area contributed by atoms with Crippen LogP contribution in [0.25, 0.3) is 0 Å².